The maximum Gasteiger partial charge on any atom is 0.306 e. The number of allylic oxidation sites excluding steroid dienone is 10. The Morgan fingerprint density at radius 3 is 1.03 bits per heavy atom. The third-order valence-corrected chi connectivity index (χ3v) is 11.5. The fourth-order valence-electron chi connectivity index (χ4n) is 7.49. The fraction of sp³-hybridized carbons (Fsp3) is 0.772. The van der Waals surface area contributed by atoms with Gasteiger partial charge in [0.05, 0.1) is 0 Å². The molecule has 0 aliphatic rings. The Kier molecular flexibility index (Phi) is 49.4. The lowest BCUT2D eigenvalue weighted by atomic mass is 10.0. The van der Waals surface area contributed by atoms with E-state index in [1.165, 1.54) is 116 Å². The molecule has 1 unspecified atom stereocenters. The molecule has 0 saturated carbocycles. The number of carbonyl (C=O) groups excluding carboxylic acids is 3. The van der Waals surface area contributed by atoms with E-state index in [9.17, 15) is 14.4 Å². The van der Waals surface area contributed by atoms with Crippen molar-refractivity contribution in [2.24, 2.45) is 0 Å². The van der Waals surface area contributed by atoms with Gasteiger partial charge in [-0.15, -0.1) is 0 Å². The number of hydrogen-bond acceptors (Lipinski definition) is 6. The molecular weight excluding hydrogens is 781 g/mol. The molecule has 1 atom stereocenters. The molecule has 0 bridgehead atoms. The van der Waals surface area contributed by atoms with E-state index in [-0.39, 0.29) is 31.1 Å². The van der Waals surface area contributed by atoms with E-state index >= 15 is 0 Å². The van der Waals surface area contributed by atoms with E-state index in [4.69, 9.17) is 14.2 Å². The summed E-state index contributed by atoms with van der Waals surface area (Å²) < 4.78 is 16.8. The van der Waals surface area contributed by atoms with Crippen LogP contribution in [0.25, 0.3) is 0 Å². The van der Waals surface area contributed by atoms with Crippen LogP contribution in [-0.4, -0.2) is 37.2 Å². The first kappa shape index (κ1) is 60.1. The number of rotatable bonds is 48. The van der Waals surface area contributed by atoms with E-state index in [1.54, 1.807) is 0 Å². The van der Waals surface area contributed by atoms with Gasteiger partial charge in [0.15, 0.2) is 6.10 Å². The van der Waals surface area contributed by atoms with Crippen molar-refractivity contribution in [2.75, 3.05) is 13.2 Å². The molecule has 0 heterocycles. The van der Waals surface area contributed by atoms with Gasteiger partial charge in [-0.2, -0.15) is 0 Å². The average Bonchev–Trinajstić information content (AvgIpc) is 3.28. The van der Waals surface area contributed by atoms with Crippen LogP contribution in [0.3, 0.4) is 0 Å². The van der Waals surface area contributed by atoms with E-state index in [0.717, 1.165) is 109 Å². The van der Waals surface area contributed by atoms with Crippen LogP contribution in [-0.2, 0) is 28.6 Å². The molecular formula is C57H100O6. The molecule has 0 spiro atoms. The number of unbranched alkanes of at least 4 members (excludes halogenated alkanes) is 27. The first-order chi connectivity index (χ1) is 31.0. The minimum absolute atomic E-state index is 0.0821. The summed E-state index contributed by atoms with van der Waals surface area (Å²) in [6.07, 6.45) is 63.4. The Morgan fingerprint density at radius 1 is 0.333 bits per heavy atom. The largest absolute Gasteiger partial charge is 0.462 e. The minimum atomic E-state index is -0.781. The molecule has 0 fully saturated rings. The molecule has 0 aliphatic heterocycles. The van der Waals surface area contributed by atoms with Gasteiger partial charge in [-0.3, -0.25) is 14.4 Å². The maximum atomic E-state index is 12.8. The van der Waals surface area contributed by atoms with Crippen molar-refractivity contribution in [3.63, 3.8) is 0 Å². The van der Waals surface area contributed by atoms with E-state index in [0.29, 0.717) is 19.3 Å². The van der Waals surface area contributed by atoms with Gasteiger partial charge in [0.2, 0.25) is 0 Å². The number of esters is 3. The topological polar surface area (TPSA) is 78.9 Å². The Hall–Kier alpha value is -2.89. The smallest absolute Gasteiger partial charge is 0.306 e. The van der Waals surface area contributed by atoms with Crippen molar-refractivity contribution in [3.8, 4) is 0 Å². The predicted octanol–water partition coefficient (Wildman–Crippen LogP) is 17.6. The van der Waals surface area contributed by atoms with E-state index in [2.05, 4.69) is 81.5 Å². The van der Waals surface area contributed by atoms with Gasteiger partial charge in [-0.25, -0.2) is 0 Å². The summed E-state index contributed by atoms with van der Waals surface area (Å²) in [6.45, 7) is 6.46. The molecule has 0 radical (unpaired) electrons. The SMILES string of the molecule is CC/C=C\C/C=C\C/C=C\CCCCCCCCCC(=O)OCC(COC(=O)CCCCCCC/C=C\C/C=C\CCC)OC(=O)CCCCCCCCCCCCCCCCC. The molecule has 0 aliphatic carbocycles. The van der Waals surface area contributed by atoms with Crippen LogP contribution in [0.5, 0.6) is 0 Å². The number of carbonyl (C=O) groups is 3. The van der Waals surface area contributed by atoms with Crippen molar-refractivity contribution in [1.29, 1.82) is 0 Å². The molecule has 0 aromatic heterocycles. The summed E-state index contributed by atoms with van der Waals surface area (Å²) >= 11 is 0. The summed E-state index contributed by atoms with van der Waals surface area (Å²) in [6, 6.07) is 0. The first-order valence-electron chi connectivity index (χ1n) is 26.8. The summed E-state index contributed by atoms with van der Waals surface area (Å²) in [4.78, 5) is 38.0. The molecule has 0 N–H and O–H groups in total. The second kappa shape index (κ2) is 51.7. The van der Waals surface area contributed by atoms with Crippen LogP contribution < -0.4 is 0 Å². The molecule has 0 saturated heterocycles. The van der Waals surface area contributed by atoms with E-state index < -0.39 is 6.10 Å². The molecule has 6 heteroatoms. The maximum absolute atomic E-state index is 12.8. The van der Waals surface area contributed by atoms with Crippen LogP contribution in [0.15, 0.2) is 60.8 Å². The highest BCUT2D eigenvalue weighted by Gasteiger charge is 2.19. The normalized spacial score (nSPS) is 12.5. The van der Waals surface area contributed by atoms with Gasteiger partial charge in [-0.1, -0.05) is 229 Å². The highest BCUT2D eigenvalue weighted by molar-refractivity contribution is 5.71. The zero-order valence-electron chi connectivity index (χ0n) is 41.6. The average molecular weight is 881 g/mol. The van der Waals surface area contributed by atoms with Crippen molar-refractivity contribution in [1.82, 2.24) is 0 Å². The quantitative estimate of drug-likeness (QED) is 0.0262. The fourth-order valence-corrected chi connectivity index (χ4v) is 7.49. The minimum Gasteiger partial charge on any atom is -0.462 e. The van der Waals surface area contributed by atoms with Gasteiger partial charge in [0, 0.05) is 19.3 Å². The van der Waals surface area contributed by atoms with Gasteiger partial charge < -0.3 is 14.2 Å². The predicted molar refractivity (Wildman–Crippen MR) is 270 cm³/mol. The highest BCUT2D eigenvalue weighted by atomic mass is 16.6. The van der Waals surface area contributed by atoms with Crippen molar-refractivity contribution in [3.05, 3.63) is 60.8 Å². The molecule has 0 amide bonds. The zero-order valence-corrected chi connectivity index (χ0v) is 41.6. The Bertz CT molecular complexity index is 1150. The third kappa shape index (κ3) is 50.0. The molecule has 364 valence electrons. The van der Waals surface area contributed by atoms with Gasteiger partial charge in [0.1, 0.15) is 13.2 Å². The lowest BCUT2D eigenvalue weighted by Gasteiger charge is -2.18. The lowest BCUT2D eigenvalue weighted by Crippen LogP contribution is -2.30. The molecule has 0 aromatic rings. The van der Waals surface area contributed by atoms with Crippen LogP contribution in [0.4, 0.5) is 0 Å². The van der Waals surface area contributed by atoms with Gasteiger partial charge in [0.25, 0.3) is 0 Å². The van der Waals surface area contributed by atoms with Crippen LogP contribution in [0.2, 0.25) is 0 Å². The second-order valence-electron chi connectivity index (χ2n) is 17.8. The standard InChI is InChI=1S/C57H100O6/c1-4-7-10-13-16-19-22-25-27-28-30-32-35-38-41-44-47-50-56(59)62-53-54(52-61-55(58)49-46-43-40-37-34-31-24-21-18-15-12-9-6-3)63-57(60)51-48-45-42-39-36-33-29-26-23-20-17-14-11-8-5-2/h7,10,12,15-16,19,21,24-25,27,54H,4-6,8-9,11,13-14,17-18,20,22-23,26,28-53H2,1-3H3/b10-7-,15-12-,19-16-,24-21-,27-25-. The zero-order chi connectivity index (χ0) is 45.8. The van der Waals surface area contributed by atoms with Crippen LogP contribution in [0.1, 0.15) is 265 Å². The summed E-state index contributed by atoms with van der Waals surface area (Å²) in [5, 5.41) is 0. The van der Waals surface area contributed by atoms with Crippen molar-refractivity contribution < 1.29 is 28.6 Å². The van der Waals surface area contributed by atoms with E-state index in [1.807, 2.05) is 0 Å². The van der Waals surface area contributed by atoms with Crippen LogP contribution in [0, 0.1) is 0 Å². The van der Waals surface area contributed by atoms with Crippen molar-refractivity contribution >= 4 is 17.9 Å². The lowest BCUT2D eigenvalue weighted by molar-refractivity contribution is -0.167. The monoisotopic (exact) mass is 881 g/mol. The summed E-state index contributed by atoms with van der Waals surface area (Å²) in [7, 11) is 0. The molecule has 63 heavy (non-hydrogen) atoms. The van der Waals surface area contributed by atoms with Gasteiger partial charge >= 0.3 is 17.9 Å². The highest BCUT2D eigenvalue weighted by Crippen LogP contribution is 2.16. The molecule has 0 aromatic carbocycles. The Balaban J connectivity index is 4.38. The van der Waals surface area contributed by atoms with Crippen molar-refractivity contribution in [2.45, 2.75) is 271 Å². The summed E-state index contributed by atoms with van der Waals surface area (Å²) in [5.41, 5.74) is 0. The number of ether oxygens (including phenoxy) is 3. The van der Waals surface area contributed by atoms with Gasteiger partial charge in [-0.05, 0) is 77.0 Å². The second-order valence-corrected chi connectivity index (χ2v) is 17.8. The summed E-state index contributed by atoms with van der Waals surface area (Å²) in [5.74, 6) is -0.897. The number of hydrogen-bond donors (Lipinski definition) is 0. The Labute approximate surface area is 390 Å². The molecule has 0 rings (SSSR count). The van der Waals surface area contributed by atoms with Crippen LogP contribution >= 0.6 is 0 Å². The Morgan fingerprint density at radius 2 is 0.651 bits per heavy atom. The molecule has 6 nitrogen and oxygen atoms in total. The first-order valence-corrected chi connectivity index (χ1v) is 26.8. The third-order valence-electron chi connectivity index (χ3n) is 11.5.